The highest BCUT2D eigenvalue weighted by Gasteiger charge is 2.51. The van der Waals surface area contributed by atoms with Gasteiger partial charge in [-0.2, -0.15) is 0 Å². The molecule has 5 atom stereocenters. The zero-order chi connectivity index (χ0) is 23.1. The first kappa shape index (κ1) is 24.1. The van der Waals surface area contributed by atoms with E-state index < -0.39 is 54.5 Å². The van der Waals surface area contributed by atoms with Crippen LogP contribution in [-0.4, -0.2) is 61.1 Å². The first-order valence-corrected chi connectivity index (χ1v) is 9.70. The summed E-state index contributed by atoms with van der Waals surface area (Å²) in [6, 6.07) is 6.06. The second-order valence-corrected chi connectivity index (χ2v) is 7.15. The molecule has 1 N–H and O–H groups in total. The van der Waals surface area contributed by atoms with Crippen LogP contribution in [0.5, 0.6) is 5.75 Å². The zero-order valence-corrected chi connectivity index (χ0v) is 18.1. The van der Waals surface area contributed by atoms with E-state index >= 15 is 0 Å². The number of rotatable bonds is 7. The fraction of sp³-hybridized carbons (Fsp3) is 0.524. The van der Waals surface area contributed by atoms with E-state index in [0.29, 0.717) is 5.75 Å². The molecule has 1 aliphatic rings. The summed E-state index contributed by atoms with van der Waals surface area (Å²) in [6.07, 6.45) is -4.47. The summed E-state index contributed by atoms with van der Waals surface area (Å²) < 4.78 is 27.6. The van der Waals surface area contributed by atoms with Crippen LogP contribution in [0, 0.1) is 6.92 Å². The minimum absolute atomic E-state index is 0.286. The van der Waals surface area contributed by atoms with Gasteiger partial charge in [0.15, 0.2) is 12.2 Å². The van der Waals surface area contributed by atoms with E-state index in [4.69, 9.17) is 23.7 Å². The molecule has 0 spiro atoms. The zero-order valence-electron chi connectivity index (χ0n) is 18.1. The number of nitrogens with one attached hydrogen (secondary N) is 1. The number of hydrogen-bond donors (Lipinski definition) is 1. The molecule has 2 rings (SSSR count). The van der Waals surface area contributed by atoms with E-state index in [9.17, 15) is 19.2 Å². The van der Waals surface area contributed by atoms with Gasteiger partial charge in [-0.25, -0.2) is 0 Å². The highest BCUT2D eigenvalue weighted by molar-refractivity contribution is 5.73. The fourth-order valence-electron chi connectivity index (χ4n) is 3.14. The number of carbonyl (C=O) groups excluding carboxylic acids is 4. The Bertz CT molecular complexity index is 808. The monoisotopic (exact) mass is 437 g/mol. The van der Waals surface area contributed by atoms with Crippen LogP contribution in [0.15, 0.2) is 24.3 Å². The molecule has 0 bridgehead atoms. The SMILES string of the molecule is CC(=O)N[C@H]1[C@@H](Oc2ccc(C)cc2)O[C@H](COC(C)=O)[C@@H](OC(C)=O)[C@@H]1OC(C)=O. The highest BCUT2D eigenvalue weighted by Crippen LogP contribution is 2.29. The lowest BCUT2D eigenvalue weighted by molar-refractivity contribution is -0.257. The molecule has 0 aromatic heterocycles. The Labute approximate surface area is 180 Å². The predicted molar refractivity (Wildman–Crippen MR) is 106 cm³/mol. The third-order valence-corrected chi connectivity index (χ3v) is 4.34. The van der Waals surface area contributed by atoms with Gasteiger partial charge in [-0.1, -0.05) is 17.7 Å². The number of ether oxygens (including phenoxy) is 5. The molecule has 1 aromatic rings. The predicted octanol–water partition coefficient (Wildman–Crippen LogP) is 1.03. The number of esters is 3. The molecule has 0 unspecified atom stereocenters. The van der Waals surface area contributed by atoms with Gasteiger partial charge in [-0.05, 0) is 19.1 Å². The molecule has 10 nitrogen and oxygen atoms in total. The van der Waals surface area contributed by atoms with Crippen molar-refractivity contribution in [2.24, 2.45) is 0 Å². The van der Waals surface area contributed by atoms with E-state index in [1.165, 1.54) is 27.7 Å². The lowest BCUT2D eigenvalue weighted by Gasteiger charge is -2.44. The number of carbonyl (C=O) groups is 4. The van der Waals surface area contributed by atoms with Crippen LogP contribution < -0.4 is 10.1 Å². The molecular formula is C21H27NO9. The van der Waals surface area contributed by atoms with Gasteiger partial charge in [0, 0.05) is 27.7 Å². The quantitative estimate of drug-likeness (QED) is 0.491. The lowest BCUT2D eigenvalue weighted by Crippen LogP contribution is -2.67. The maximum atomic E-state index is 11.9. The van der Waals surface area contributed by atoms with Crippen molar-refractivity contribution >= 4 is 23.8 Å². The number of hydrogen-bond acceptors (Lipinski definition) is 9. The molecule has 0 aliphatic carbocycles. The summed E-state index contributed by atoms with van der Waals surface area (Å²) in [4.78, 5) is 46.7. The van der Waals surface area contributed by atoms with Gasteiger partial charge in [-0.15, -0.1) is 0 Å². The Balaban J connectivity index is 2.43. The second kappa shape index (κ2) is 10.8. The van der Waals surface area contributed by atoms with Crippen molar-refractivity contribution in [3.63, 3.8) is 0 Å². The van der Waals surface area contributed by atoms with Crippen molar-refractivity contribution in [1.82, 2.24) is 5.32 Å². The molecule has 1 aliphatic heterocycles. The van der Waals surface area contributed by atoms with Crippen molar-refractivity contribution < 1.29 is 42.9 Å². The van der Waals surface area contributed by atoms with E-state index in [-0.39, 0.29) is 6.61 Å². The largest absolute Gasteiger partial charge is 0.463 e. The molecule has 1 saturated heterocycles. The van der Waals surface area contributed by atoms with Crippen LogP contribution in [0.3, 0.4) is 0 Å². The molecule has 10 heteroatoms. The lowest BCUT2D eigenvalue weighted by atomic mass is 9.96. The normalized spacial score (nSPS) is 25.1. The Morgan fingerprint density at radius 1 is 0.903 bits per heavy atom. The molecule has 31 heavy (non-hydrogen) atoms. The summed E-state index contributed by atoms with van der Waals surface area (Å²) >= 11 is 0. The molecule has 0 radical (unpaired) electrons. The molecule has 170 valence electrons. The summed E-state index contributed by atoms with van der Waals surface area (Å²) in [6.45, 7) is 6.48. The van der Waals surface area contributed by atoms with Crippen molar-refractivity contribution in [3.8, 4) is 5.75 Å². The van der Waals surface area contributed by atoms with Gasteiger partial charge in [0.1, 0.15) is 24.5 Å². The Hall–Kier alpha value is -3.14. The van der Waals surface area contributed by atoms with Crippen molar-refractivity contribution in [2.75, 3.05) is 6.61 Å². The first-order valence-electron chi connectivity index (χ1n) is 9.70. The smallest absolute Gasteiger partial charge is 0.303 e. The third-order valence-electron chi connectivity index (χ3n) is 4.34. The van der Waals surface area contributed by atoms with Crippen LogP contribution in [0.2, 0.25) is 0 Å². The number of aryl methyl sites for hydroxylation is 1. The van der Waals surface area contributed by atoms with Crippen LogP contribution in [0.4, 0.5) is 0 Å². The Morgan fingerprint density at radius 2 is 1.48 bits per heavy atom. The number of benzene rings is 1. The van der Waals surface area contributed by atoms with Gasteiger partial charge >= 0.3 is 17.9 Å². The summed E-state index contributed by atoms with van der Waals surface area (Å²) in [7, 11) is 0. The van der Waals surface area contributed by atoms with Crippen LogP contribution >= 0.6 is 0 Å². The molecule has 1 heterocycles. The van der Waals surface area contributed by atoms with Crippen molar-refractivity contribution in [2.45, 2.75) is 65.3 Å². The maximum Gasteiger partial charge on any atom is 0.303 e. The third kappa shape index (κ3) is 7.25. The van der Waals surface area contributed by atoms with Crippen molar-refractivity contribution in [1.29, 1.82) is 0 Å². The Morgan fingerprint density at radius 3 is 2.00 bits per heavy atom. The van der Waals surface area contributed by atoms with Gasteiger partial charge in [0.2, 0.25) is 12.2 Å². The molecule has 0 saturated carbocycles. The fourth-order valence-corrected chi connectivity index (χ4v) is 3.14. The summed E-state index contributed by atoms with van der Waals surface area (Å²) in [5.41, 5.74) is 1.01. The second-order valence-electron chi connectivity index (χ2n) is 7.15. The molecule has 1 fully saturated rings. The maximum absolute atomic E-state index is 11.9. The average molecular weight is 437 g/mol. The van der Waals surface area contributed by atoms with E-state index in [1.54, 1.807) is 12.1 Å². The van der Waals surface area contributed by atoms with E-state index in [2.05, 4.69) is 5.32 Å². The Kier molecular flexibility index (Phi) is 8.38. The van der Waals surface area contributed by atoms with E-state index in [1.807, 2.05) is 19.1 Å². The first-order chi connectivity index (χ1) is 14.6. The van der Waals surface area contributed by atoms with Gasteiger partial charge in [-0.3, -0.25) is 19.2 Å². The molecule has 1 aromatic carbocycles. The minimum Gasteiger partial charge on any atom is -0.463 e. The van der Waals surface area contributed by atoms with Gasteiger partial charge in [0.05, 0.1) is 0 Å². The standard InChI is InChI=1S/C21H27NO9/c1-11-6-8-16(9-7-11)30-21-18(22-12(2)23)20(29-15(5)26)19(28-14(4)25)17(31-21)10-27-13(3)24/h6-9,17-21H,10H2,1-5H3,(H,22,23)/t17-,18-,19-,20-,21+/m1/s1. The van der Waals surface area contributed by atoms with Gasteiger partial charge < -0.3 is 29.0 Å². The van der Waals surface area contributed by atoms with Crippen LogP contribution in [-0.2, 0) is 38.1 Å². The summed E-state index contributed by atoms with van der Waals surface area (Å²) in [5.74, 6) is -1.92. The molecular weight excluding hydrogens is 410 g/mol. The van der Waals surface area contributed by atoms with Crippen LogP contribution in [0.25, 0.3) is 0 Å². The van der Waals surface area contributed by atoms with Gasteiger partial charge in [0.25, 0.3) is 0 Å². The topological polar surface area (TPSA) is 126 Å². The average Bonchev–Trinajstić information content (AvgIpc) is 2.65. The van der Waals surface area contributed by atoms with E-state index in [0.717, 1.165) is 5.56 Å². The van der Waals surface area contributed by atoms with Crippen molar-refractivity contribution in [3.05, 3.63) is 29.8 Å². The number of amides is 1. The summed E-state index contributed by atoms with van der Waals surface area (Å²) in [5, 5.41) is 2.64. The minimum atomic E-state index is -1.16. The van der Waals surface area contributed by atoms with Crippen LogP contribution in [0.1, 0.15) is 33.3 Å². The molecule has 1 amide bonds. The highest BCUT2D eigenvalue weighted by atomic mass is 16.7.